The number of aliphatic carboxylic acids is 1. The van der Waals surface area contributed by atoms with Crippen LogP contribution in [0, 0.1) is 0 Å². The molecule has 15 heavy (non-hydrogen) atoms. The number of carbonyl (C=O) groups excluding carboxylic acids is 2. The van der Waals surface area contributed by atoms with Crippen molar-refractivity contribution in [2.24, 2.45) is 0 Å². The van der Waals surface area contributed by atoms with Crippen LogP contribution in [0.5, 0.6) is 0 Å². The number of nitrogens with one attached hydrogen (secondary N) is 1. The lowest BCUT2D eigenvalue weighted by atomic mass is 10.4. The van der Waals surface area contributed by atoms with Crippen molar-refractivity contribution in [1.82, 2.24) is 5.32 Å². The summed E-state index contributed by atoms with van der Waals surface area (Å²) in [6.07, 6.45) is -0.691. The van der Waals surface area contributed by atoms with Crippen LogP contribution in [0.25, 0.3) is 0 Å². The highest BCUT2D eigenvalue weighted by atomic mass is 16.5. The average Bonchev–Trinajstić information content (AvgIpc) is 2.17. The molecule has 0 aliphatic heterocycles. The van der Waals surface area contributed by atoms with Gasteiger partial charge in [0.25, 0.3) is 0 Å². The van der Waals surface area contributed by atoms with E-state index in [2.05, 4.69) is 4.74 Å². The van der Waals surface area contributed by atoms with Gasteiger partial charge < -0.3 is 20.3 Å². The minimum atomic E-state index is -2.10. The Bertz CT molecular complexity index is 252. The third-order valence-electron chi connectivity index (χ3n) is 1.42. The van der Waals surface area contributed by atoms with E-state index >= 15 is 0 Å². The summed E-state index contributed by atoms with van der Waals surface area (Å²) in [5, 5.41) is 18.4. The number of carbonyl (C=O) groups is 3. The predicted molar refractivity (Wildman–Crippen MR) is 47.7 cm³/mol. The highest BCUT2D eigenvalue weighted by Gasteiger charge is 2.22. The Balaban J connectivity index is 3.89. The van der Waals surface area contributed by atoms with Gasteiger partial charge in [0, 0.05) is 0 Å². The standard InChI is InChI=1S/C8H13NO6/c1-2-3-4-15-8(14)6(11)9-5(10)7(12)13/h5,10H,2-4H2,1H3,(H,9,11)(H,12,13)/t5-/m0/s1. The Morgan fingerprint density at radius 2 is 2.00 bits per heavy atom. The first kappa shape index (κ1) is 13.4. The molecule has 0 unspecified atom stereocenters. The normalized spacial score (nSPS) is 11.6. The zero-order valence-electron chi connectivity index (χ0n) is 8.23. The van der Waals surface area contributed by atoms with Gasteiger partial charge in [0.2, 0.25) is 6.23 Å². The van der Waals surface area contributed by atoms with Crippen LogP contribution in [0.3, 0.4) is 0 Å². The fourth-order valence-corrected chi connectivity index (χ4v) is 0.620. The molecule has 7 heteroatoms. The molecule has 0 spiro atoms. The Morgan fingerprint density at radius 3 is 2.47 bits per heavy atom. The zero-order chi connectivity index (χ0) is 11.8. The minimum Gasteiger partial charge on any atom is -0.478 e. The molecule has 0 aromatic carbocycles. The number of esters is 1. The quantitative estimate of drug-likeness (QED) is 0.233. The summed E-state index contributed by atoms with van der Waals surface area (Å²) < 4.78 is 4.47. The molecule has 0 aliphatic rings. The monoisotopic (exact) mass is 219 g/mol. The summed E-state index contributed by atoms with van der Waals surface area (Å²) in [5.41, 5.74) is 0. The van der Waals surface area contributed by atoms with Crippen molar-refractivity contribution in [3.05, 3.63) is 0 Å². The number of amides is 1. The van der Waals surface area contributed by atoms with E-state index in [4.69, 9.17) is 10.2 Å². The molecule has 0 rings (SSSR count). The predicted octanol–water partition coefficient (Wildman–Crippen LogP) is -1.15. The molecule has 0 aliphatic carbocycles. The lowest BCUT2D eigenvalue weighted by Gasteiger charge is -2.07. The maximum Gasteiger partial charge on any atom is 0.396 e. The minimum absolute atomic E-state index is 0.0892. The van der Waals surface area contributed by atoms with E-state index < -0.39 is 24.1 Å². The topological polar surface area (TPSA) is 113 Å². The molecule has 0 saturated heterocycles. The highest BCUT2D eigenvalue weighted by molar-refractivity contribution is 6.32. The molecule has 7 nitrogen and oxygen atoms in total. The third kappa shape index (κ3) is 5.63. The van der Waals surface area contributed by atoms with Crippen LogP contribution in [0.15, 0.2) is 0 Å². The van der Waals surface area contributed by atoms with Crippen LogP contribution >= 0.6 is 0 Å². The molecular weight excluding hydrogens is 206 g/mol. The molecule has 3 N–H and O–H groups in total. The summed E-state index contributed by atoms with van der Waals surface area (Å²) in [7, 11) is 0. The second-order valence-electron chi connectivity index (χ2n) is 2.70. The largest absolute Gasteiger partial charge is 0.478 e. The maximum atomic E-state index is 10.8. The van der Waals surface area contributed by atoms with Crippen LogP contribution in [0.4, 0.5) is 0 Å². The summed E-state index contributed by atoms with van der Waals surface area (Å²) in [5.74, 6) is -4.13. The summed E-state index contributed by atoms with van der Waals surface area (Å²) in [6, 6.07) is 0. The van der Waals surface area contributed by atoms with Crippen molar-refractivity contribution < 1.29 is 29.3 Å². The van der Waals surface area contributed by atoms with Crippen LogP contribution < -0.4 is 5.32 Å². The number of aliphatic hydroxyl groups is 1. The van der Waals surface area contributed by atoms with Crippen LogP contribution in [-0.2, 0) is 19.1 Å². The number of carboxylic acid groups (broad SMARTS) is 1. The van der Waals surface area contributed by atoms with Gasteiger partial charge in [0.15, 0.2) is 0 Å². The smallest absolute Gasteiger partial charge is 0.396 e. The van der Waals surface area contributed by atoms with Gasteiger partial charge >= 0.3 is 17.8 Å². The van der Waals surface area contributed by atoms with E-state index in [1.807, 2.05) is 6.92 Å². The Labute approximate surface area is 86.0 Å². The first-order valence-electron chi connectivity index (χ1n) is 4.37. The van der Waals surface area contributed by atoms with Gasteiger partial charge in [-0.05, 0) is 6.42 Å². The van der Waals surface area contributed by atoms with E-state index in [-0.39, 0.29) is 6.61 Å². The Kier molecular flexibility index (Phi) is 6.03. The van der Waals surface area contributed by atoms with Gasteiger partial charge in [-0.3, -0.25) is 4.79 Å². The van der Waals surface area contributed by atoms with Gasteiger partial charge in [0.1, 0.15) is 0 Å². The molecular formula is C8H13NO6. The van der Waals surface area contributed by atoms with Gasteiger partial charge in [-0.2, -0.15) is 0 Å². The number of carboxylic acids is 1. The number of rotatable bonds is 5. The summed E-state index contributed by atoms with van der Waals surface area (Å²) in [4.78, 5) is 31.8. The average molecular weight is 219 g/mol. The first-order chi connectivity index (χ1) is 6.99. The van der Waals surface area contributed by atoms with Gasteiger partial charge in [-0.1, -0.05) is 13.3 Å². The molecule has 0 radical (unpaired) electrons. The van der Waals surface area contributed by atoms with Crippen molar-refractivity contribution in [2.75, 3.05) is 6.61 Å². The molecule has 0 fully saturated rings. The second-order valence-corrected chi connectivity index (χ2v) is 2.70. The highest BCUT2D eigenvalue weighted by Crippen LogP contribution is 1.89. The molecule has 0 aromatic rings. The summed E-state index contributed by atoms with van der Waals surface area (Å²) >= 11 is 0. The molecule has 0 saturated carbocycles. The summed E-state index contributed by atoms with van der Waals surface area (Å²) in [6.45, 7) is 1.97. The number of hydrogen-bond donors (Lipinski definition) is 3. The molecule has 1 amide bonds. The number of hydrogen-bond acceptors (Lipinski definition) is 5. The third-order valence-corrected chi connectivity index (χ3v) is 1.42. The Morgan fingerprint density at radius 1 is 1.40 bits per heavy atom. The lowest BCUT2D eigenvalue weighted by molar-refractivity contribution is -0.159. The van der Waals surface area contributed by atoms with E-state index in [0.29, 0.717) is 6.42 Å². The van der Waals surface area contributed by atoms with Crippen molar-refractivity contribution >= 4 is 17.8 Å². The first-order valence-corrected chi connectivity index (χ1v) is 4.37. The molecule has 0 heterocycles. The fourth-order valence-electron chi connectivity index (χ4n) is 0.620. The van der Waals surface area contributed by atoms with Crippen molar-refractivity contribution in [2.45, 2.75) is 26.0 Å². The van der Waals surface area contributed by atoms with Crippen LogP contribution in [-0.4, -0.2) is 40.9 Å². The van der Waals surface area contributed by atoms with E-state index in [0.717, 1.165) is 6.42 Å². The van der Waals surface area contributed by atoms with Crippen molar-refractivity contribution in [3.8, 4) is 0 Å². The molecule has 0 aromatic heterocycles. The zero-order valence-corrected chi connectivity index (χ0v) is 8.23. The number of ether oxygens (including phenoxy) is 1. The Hall–Kier alpha value is -1.63. The maximum absolute atomic E-state index is 10.8. The van der Waals surface area contributed by atoms with Crippen LogP contribution in [0.1, 0.15) is 19.8 Å². The molecule has 0 bridgehead atoms. The van der Waals surface area contributed by atoms with E-state index in [1.54, 1.807) is 5.32 Å². The number of aliphatic hydroxyl groups excluding tert-OH is 1. The van der Waals surface area contributed by atoms with Gasteiger partial charge in [0.05, 0.1) is 6.61 Å². The SMILES string of the molecule is CCCCOC(=O)C(=O)N[C@@H](O)C(=O)O. The fraction of sp³-hybridized carbons (Fsp3) is 0.625. The van der Waals surface area contributed by atoms with Gasteiger partial charge in [-0.25, -0.2) is 9.59 Å². The number of unbranched alkanes of at least 4 members (excludes halogenated alkanes) is 1. The van der Waals surface area contributed by atoms with E-state index in [9.17, 15) is 14.4 Å². The van der Waals surface area contributed by atoms with E-state index in [1.165, 1.54) is 0 Å². The van der Waals surface area contributed by atoms with Gasteiger partial charge in [-0.15, -0.1) is 0 Å². The molecule has 86 valence electrons. The van der Waals surface area contributed by atoms with Crippen molar-refractivity contribution in [3.63, 3.8) is 0 Å². The van der Waals surface area contributed by atoms with Crippen LogP contribution in [0.2, 0.25) is 0 Å². The lowest BCUT2D eigenvalue weighted by Crippen LogP contribution is -2.44. The van der Waals surface area contributed by atoms with Crippen molar-refractivity contribution in [1.29, 1.82) is 0 Å². The second kappa shape index (κ2) is 6.77. The molecule has 1 atom stereocenters.